The quantitative estimate of drug-likeness (QED) is 0.842. The zero-order chi connectivity index (χ0) is 12.9. The predicted molar refractivity (Wildman–Crippen MR) is 68.9 cm³/mol. The number of carbonyl (C=O) groups excluding carboxylic acids is 1. The van der Waals surface area contributed by atoms with Crippen LogP contribution in [-0.4, -0.2) is 17.6 Å². The molecule has 0 aliphatic heterocycles. The van der Waals surface area contributed by atoms with Gasteiger partial charge in [-0.3, -0.25) is 4.79 Å². The zero-order valence-electron chi connectivity index (χ0n) is 10.8. The molecule has 0 radical (unpaired) electrons. The van der Waals surface area contributed by atoms with Crippen LogP contribution in [-0.2, 0) is 11.2 Å². The van der Waals surface area contributed by atoms with E-state index < -0.39 is 0 Å². The topological polar surface area (TPSA) is 49.3 Å². The second kappa shape index (κ2) is 5.71. The minimum atomic E-state index is -0.000139. The smallest absolute Gasteiger partial charge is 0.224 e. The van der Waals surface area contributed by atoms with Gasteiger partial charge in [-0.2, -0.15) is 0 Å². The number of aromatic hydroxyl groups is 1. The molecule has 94 valence electrons. The standard InChI is InChI=1S/C14H21NO2/c1-14(2,3)7-8-15-13(17)10-11-5-4-6-12(16)9-11/h4-6,9,16H,7-8,10H2,1-3H3,(H,15,17). The summed E-state index contributed by atoms with van der Waals surface area (Å²) < 4.78 is 0. The molecule has 1 rings (SSSR count). The van der Waals surface area contributed by atoms with Gasteiger partial charge in [0.2, 0.25) is 5.91 Å². The van der Waals surface area contributed by atoms with Gasteiger partial charge in [-0.25, -0.2) is 0 Å². The van der Waals surface area contributed by atoms with Gasteiger partial charge in [-0.05, 0) is 29.5 Å². The molecular formula is C14H21NO2. The number of phenolic OH excluding ortho intramolecular Hbond substituents is 1. The second-order valence-corrected chi connectivity index (χ2v) is 5.51. The van der Waals surface area contributed by atoms with Gasteiger partial charge in [0, 0.05) is 6.54 Å². The Kier molecular flexibility index (Phi) is 4.55. The molecule has 0 heterocycles. The van der Waals surface area contributed by atoms with Crippen molar-refractivity contribution in [2.24, 2.45) is 5.41 Å². The Labute approximate surface area is 103 Å². The molecule has 1 aromatic rings. The molecule has 0 saturated carbocycles. The van der Waals surface area contributed by atoms with Crippen molar-refractivity contribution < 1.29 is 9.90 Å². The van der Waals surface area contributed by atoms with Crippen molar-refractivity contribution in [1.29, 1.82) is 0 Å². The van der Waals surface area contributed by atoms with E-state index in [1.807, 2.05) is 6.07 Å². The first-order valence-corrected chi connectivity index (χ1v) is 5.91. The summed E-state index contributed by atoms with van der Waals surface area (Å²) in [6.07, 6.45) is 1.28. The van der Waals surface area contributed by atoms with Gasteiger partial charge in [-0.1, -0.05) is 32.9 Å². The molecule has 0 saturated heterocycles. The highest BCUT2D eigenvalue weighted by Gasteiger charge is 2.10. The lowest BCUT2D eigenvalue weighted by Gasteiger charge is -2.18. The molecule has 0 aliphatic carbocycles. The number of nitrogens with one attached hydrogen (secondary N) is 1. The normalized spacial score (nSPS) is 11.2. The van der Waals surface area contributed by atoms with Gasteiger partial charge in [0.05, 0.1) is 6.42 Å². The summed E-state index contributed by atoms with van der Waals surface area (Å²) in [5, 5.41) is 12.2. The van der Waals surface area contributed by atoms with Crippen LogP contribution >= 0.6 is 0 Å². The lowest BCUT2D eigenvalue weighted by molar-refractivity contribution is -0.120. The Hall–Kier alpha value is -1.51. The second-order valence-electron chi connectivity index (χ2n) is 5.51. The highest BCUT2D eigenvalue weighted by Crippen LogP contribution is 2.17. The van der Waals surface area contributed by atoms with Crippen LogP contribution in [0.2, 0.25) is 0 Å². The number of benzene rings is 1. The minimum Gasteiger partial charge on any atom is -0.508 e. The summed E-state index contributed by atoms with van der Waals surface area (Å²) in [7, 11) is 0. The van der Waals surface area contributed by atoms with Crippen molar-refractivity contribution in [1.82, 2.24) is 5.32 Å². The van der Waals surface area contributed by atoms with Crippen LogP contribution in [0.1, 0.15) is 32.8 Å². The third kappa shape index (κ3) is 5.95. The van der Waals surface area contributed by atoms with Gasteiger partial charge in [0.1, 0.15) is 5.75 Å². The molecule has 17 heavy (non-hydrogen) atoms. The molecule has 0 unspecified atom stereocenters. The van der Waals surface area contributed by atoms with E-state index in [0.717, 1.165) is 12.0 Å². The first-order valence-electron chi connectivity index (χ1n) is 5.91. The van der Waals surface area contributed by atoms with Crippen LogP contribution in [0.5, 0.6) is 5.75 Å². The van der Waals surface area contributed by atoms with E-state index in [2.05, 4.69) is 26.1 Å². The van der Waals surface area contributed by atoms with Crippen LogP contribution in [0, 0.1) is 5.41 Å². The first kappa shape index (κ1) is 13.6. The Bertz CT molecular complexity index is 380. The van der Waals surface area contributed by atoms with Gasteiger partial charge >= 0.3 is 0 Å². The van der Waals surface area contributed by atoms with Crippen molar-refractivity contribution in [2.75, 3.05) is 6.54 Å². The lowest BCUT2D eigenvalue weighted by atomic mass is 9.92. The summed E-state index contributed by atoms with van der Waals surface area (Å²) in [5.74, 6) is 0.199. The van der Waals surface area contributed by atoms with Gasteiger partial charge in [0.25, 0.3) is 0 Å². The molecule has 3 heteroatoms. The van der Waals surface area contributed by atoms with E-state index in [9.17, 15) is 9.90 Å². The molecule has 3 nitrogen and oxygen atoms in total. The molecule has 0 aromatic heterocycles. The number of rotatable bonds is 4. The van der Waals surface area contributed by atoms with Crippen LogP contribution < -0.4 is 5.32 Å². The predicted octanol–water partition coefficient (Wildman–Crippen LogP) is 2.49. The van der Waals surface area contributed by atoms with Gasteiger partial charge in [-0.15, -0.1) is 0 Å². The fourth-order valence-corrected chi connectivity index (χ4v) is 1.49. The molecule has 0 atom stereocenters. The van der Waals surface area contributed by atoms with Crippen LogP contribution in [0.15, 0.2) is 24.3 Å². The van der Waals surface area contributed by atoms with E-state index in [0.29, 0.717) is 13.0 Å². The molecule has 2 N–H and O–H groups in total. The summed E-state index contributed by atoms with van der Waals surface area (Å²) in [4.78, 5) is 11.6. The molecule has 1 aromatic carbocycles. The van der Waals surface area contributed by atoms with Gasteiger partial charge in [0.15, 0.2) is 0 Å². The number of carbonyl (C=O) groups is 1. The monoisotopic (exact) mass is 235 g/mol. The average Bonchev–Trinajstić information content (AvgIpc) is 2.15. The third-order valence-corrected chi connectivity index (χ3v) is 2.47. The Morgan fingerprint density at radius 1 is 1.35 bits per heavy atom. The van der Waals surface area contributed by atoms with Crippen LogP contribution in [0.25, 0.3) is 0 Å². The Balaban J connectivity index is 2.35. The van der Waals surface area contributed by atoms with E-state index in [4.69, 9.17) is 0 Å². The summed E-state index contributed by atoms with van der Waals surface area (Å²) in [6.45, 7) is 7.14. The molecule has 0 spiro atoms. The maximum Gasteiger partial charge on any atom is 0.224 e. The Morgan fingerprint density at radius 2 is 2.06 bits per heavy atom. The van der Waals surface area contributed by atoms with Crippen LogP contribution in [0.4, 0.5) is 0 Å². The Morgan fingerprint density at radius 3 is 2.65 bits per heavy atom. The number of hydrogen-bond donors (Lipinski definition) is 2. The van der Waals surface area contributed by atoms with Crippen molar-refractivity contribution in [3.05, 3.63) is 29.8 Å². The highest BCUT2D eigenvalue weighted by molar-refractivity contribution is 5.78. The fourth-order valence-electron chi connectivity index (χ4n) is 1.49. The zero-order valence-corrected chi connectivity index (χ0v) is 10.8. The number of amides is 1. The van der Waals surface area contributed by atoms with Crippen molar-refractivity contribution in [2.45, 2.75) is 33.6 Å². The highest BCUT2D eigenvalue weighted by atomic mass is 16.3. The summed E-state index contributed by atoms with van der Waals surface area (Å²) >= 11 is 0. The van der Waals surface area contributed by atoms with Crippen molar-refractivity contribution in [3.63, 3.8) is 0 Å². The largest absolute Gasteiger partial charge is 0.508 e. The molecule has 0 aliphatic rings. The summed E-state index contributed by atoms with van der Waals surface area (Å²) in [6, 6.07) is 6.79. The molecule has 0 fully saturated rings. The van der Waals surface area contributed by atoms with E-state index in [1.54, 1.807) is 18.2 Å². The maximum absolute atomic E-state index is 11.6. The molecule has 0 bridgehead atoms. The lowest BCUT2D eigenvalue weighted by Crippen LogP contribution is -2.28. The maximum atomic E-state index is 11.6. The van der Waals surface area contributed by atoms with Crippen molar-refractivity contribution >= 4 is 5.91 Å². The summed E-state index contributed by atoms with van der Waals surface area (Å²) in [5.41, 5.74) is 1.07. The fraction of sp³-hybridized carbons (Fsp3) is 0.500. The number of phenols is 1. The number of hydrogen-bond acceptors (Lipinski definition) is 2. The van der Waals surface area contributed by atoms with Crippen LogP contribution in [0.3, 0.4) is 0 Å². The molecular weight excluding hydrogens is 214 g/mol. The third-order valence-electron chi connectivity index (χ3n) is 2.47. The first-order chi connectivity index (χ1) is 7.87. The van der Waals surface area contributed by atoms with Crippen molar-refractivity contribution in [3.8, 4) is 5.75 Å². The molecule has 1 amide bonds. The van der Waals surface area contributed by atoms with E-state index in [1.165, 1.54) is 0 Å². The van der Waals surface area contributed by atoms with E-state index >= 15 is 0 Å². The van der Waals surface area contributed by atoms with E-state index in [-0.39, 0.29) is 17.1 Å². The minimum absolute atomic E-state index is 0.000139. The average molecular weight is 235 g/mol. The SMILES string of the molecule is CC(C)(C)CCNC(=O)Cc1cccc(O)c1. The van der Waals surface area contributed by atoms with Gasteiger partial charge < -0.3 is 10.4 Å².